The van der Waals surface area contributed by atoms with E-state index in [4.69, 9.17) is 5.84 Å². The van der Waals surface area contributed by atoms with Crippen LogP contribution in [0.3, 0.4) is 0 Å². The molecule has 4 N–H and O–H groups in total. The quantitative estimate of drug-likeness (QED) is 0.331. The number of nitrogen functional groups attached to an aromatic ring is 1. The predicted molar refractivity (Wildman–Crippen MR) is 76.3 cm³/mol. The summed E-state index contributed by atoms with van der Waals surface area (Å²) in [6.07, 6.45) is 3.26. The summed E-state index contributed by atoms with van der Waals surface area (Å²) in [7, 11) is 0. The number of carbonyl (C=O) groups excluding carboxylic acids is 3. The van der Waals surface area contributed by atoms with Crippen molar-refractivity contribution in [3.63, 3.8) is 0 Å². The summed E-state index contributed by atoms with van der Waals surface area (Å²) >= 11 is 1.23. The van der Waals surface area contributed by atoms with Gasteiger partial charge in [0.05, 0.1) is 11.4 Å². The van der Waals surface area contributed by atoms with Gasteiger partial charge in [0.2, 0.25) is 0 Å². The lowest BCUT2D eigenvalue weighted by Gasteiger charge is -2.20. The van der Waals surface area contributed by atoms with Crippen LogP contribution in [-0.2, 0) is 11.3 Å². The molecule has 21 heavy (non-hydrogen) atoms. The fraction of sp³-hybridized carbons (Fsp3) is 0.462. The maximum absolute atomic E-state index is 12.5. The SMILES string of the molecule is NNC(=O)c1sccc1CN1C(=O)NC2(CCCC2)C1=O. The molecule has 2 aliphatic rings. The second-order valence-corrected chi connectivity index (χ2v) is 6.28. The second-order valence-electron chi connectivity index (χ2n) is 5.36. The molecule has 7 nitrogen and oxygen atoms in total. The van der Waals surface area contributed by atoms with E-state index < -0.39 is 11.4 Å². The summed E-state index contributed by atoms with van der Waals surface area (Å²) < 4.78 is 0. The van der Waals surface area contributed by atoms with Gasteiger partial charge in [-0.1, -0.05) is 12.8 Å². The van der Waals surface area contributed by atoms with Crippen LogP contribution in [0.4, 0.5) is 4.79 Å². The molecule has 112 valence electrons. The average Bonchev–Trinajstić information content (AvgIpc) is 3.16. The van der Waals surface area contributed by atoms with Crippen LogP contribution in [0.25, 0.3) is 0 Å². The van der Waals surface area contributed by atoms with E-state index in [1.54, 1.807) is 11.4 Å². The number of hydrogen-bond donors (Lipinski definition) is 3. The highest BCUT2D eigenvalue weighted by Gasteiger charge is 2.52. The zero-order valence-electron chi connectivity index (χ0n) is 11.3. The van der Waals surface area contributed by atoms with Crippen molar-refractivity contribution in [2.45, 2.75) is 37.8 Å². The van der Waals surface area contributed by atoms with Crippen molar-refractivity contribution in [2.24, 2.45) is 5.84 Å². The molecule has 1 saturated heterocycles. The number of urea groups is 1. The van der Waals surface area contributed by atoms with Crippen LogP contribution in [0.1, 0.15) is 40.9 Å². The van der Waals surface area contributed by atoms with Gasteiger partial charge in [0.15, 0.2) is 0 Å². The summed E-state index contributed by atoms with van der Waals surface area (Å²) in [6.45, 7) is 0.0959. The lowest BCUT2D eigenvalue weighted by atomic mass is 9.98. The van der Waals surface area contributed by atoms with E-state index in [1.165, 1.54) is 16.2 Å². The molecule has 1 aliphatic carbocycles. The van der Waals surface area contributed by atoms with E-state index in [1.807, 2.05) is 0 Å². The predicted octanol–water partition coefficient (Wildman–Crippen LogP) is 0.716. The van der Waals surface area contributed by atoms with E-state index in [0.29, 0.717) is 23.3 Å². The smallest absolute Gasteiger partial charge is 0.323 e. The molecule has 4 amide bonds. The zero-order chi connectivity index (χ0) is 15.0. The number of hydrogen-bond acceptors (Lipinski definition) is 5. The first-order chi connectivity index (χ1) is 10.1. The van der Waals surface area contributed by atoms with Gasteiger partial charge < -0.3 is 5.32 Å². The number of imide groups is 1. The maximum Gasteiger partial charge on any atom is 0.325 e. The van der Waals surface area contributed by atoms with Crippen LogP contribution in [-0.4, -0.2) is 28.3 Å². The Bertz CT molecular complexity index is 606. The maximum atomic E-state index is 12.5. The highest BCUT2D eigenvalue weighted by molar-refractivity contribution is 7.12. The van der Waals surface area contributed by atoms with Crippen molar-refractivity contribution in [2.75, 3.05) is 0 Å². The Hall–Kier alpha value is -1.93. The highest BCUT2D eigenvalue weighted by Crippen LogP contribution is 2.35. The molecule has 0 aromatic carbocycles. The van der Waals surface area contributed by atoms with Gasteiger partial charge in [0.1, 0.15) is 5.54 Å². The third-order valence-electron chi connectivity index (χ3n) is 4.12. The molecular formula is C13H16N4O3S. The molecule has 1 aromatic rings. The minimum Gasteiger partial charge on any atom is -0.323 e. The van der Waals surface area contributed by atoms with Crippen LogP contribution in [0.15, 0.2) is 11.4 Å². The number of carbonyl (C=O) groups is 3. The molecule has 3 rings (SSSR count). The fourth-order valence-electron chi connectivity index (χ4n) is 3.03. The number of nitrogens with two attached hydrogens (primary N) is 1. The van der Waals surface area contributed by atoms with Gasteiger partial charge in [-0.25, -0.2) is 10.6 Å². The largest absolute Gasteiger partial charge is 0.325 e. The van der Waals surface area contributed by atoms with Crippen LogP contribution in [0.2, 0.25) is 0 Å². The van der Waals surface area contributed by atoms with E-state index >= 15 is 0 Å². The zero-order valence-corrected chi connectivity index (χ0v) is 12.2. The van der Waals surface area contributed by atoms with Gasteiger partial charge in [-0.05, 0) is 29.9 Å². The van der Waals surface area contributed by atoms with Gasteiger partial charge in [0, 0.05) is 0 Å². The first kappa shape index (κ1) is 14.0. The molecule has 1 spiro atoms. The Morgan fingerprint density at radius 3 is 2.81 bits per heavy atom. The van der Waals surface area contributed by atoms with Crippen molar-refractivity contribution < 1.29 is 14.4 Å². The molecule has 8 heteroatoms. The van der Waals surface area contributed by atoms with Gasteiger partial charge >= 0.3 is 6.03 Å². The molecule has 2 heterocycles. The number of amides is 4. The lowest BCUT2D eigenvalue weighted by molar-refractivity contribution is -0.131. The lowest BCUT2D eigenvalue weighted by Crippen LogP contribution is -2.44. The third kappa shape index (κ3) is 2.20. The Morgan fingerprint density at radius 2 is 2.14 bits per heavy atom. The molecule has 2 fully saturated rings. The number of nitrogens with zero attached hydrogens (tertiary/aromatic N) is 1. The highest BCUT2D eigenvalue weighted by atomic mass is 32.1. The summed E-state index contributed by atoms with van der Waals surface area (Å²) in [5.74, 6) is 4.54. The summed E-state index contributed by atoms with van der Waals surface area (Å²) in [4.78, 5) is 37.9. The first-order valence-corrected chi connectivity index (χ1v) is 7.67. The van der Waals surface area contributed by atoms with E-state index in [-0.39, 0.29) is 18.5 Å². The Balaban J connectivity index is 1.82. The third-order valence-corrected chi connectivity index (χ3v) is 5.07. The van der Waals surface area contributed by atoms with Gasteiger partial charge in [-0.3, -0.25) is 19.9 Å². The fourth-order valence-corrected chi connectivity index (χ4v) is 3.85. The number of thiophene rings is 1. The summed E-state index contributed by atoms with van der Waals surface area (Å²) in [6, 6.07) is 1.35. The number of rotatable bonds is 3. The Labute approximate surface area is 125 Å². The van der Waals surface area contributed by atoms with Gasteiger partial charge in [-0.2, -0.15) is 0 Å². The molecular weight excluding hydrogens is 292 g/mol. The van der Waals surface area contributed by atoms with E-state index in [0.717, 1.165) is 12.8 Å². The van der Waals surface area contributed by atoms with Crippen molar-refractivity contribution in [3.05, 3.63) is 21.9 Å². The molecule has 0 radical (unpaired) electrons. The van der Waals surface area contributed by atoms with Crippen LogP contribution in [0.5, 0.6) is 0 Å². The molecule has 0 bridgehead atoms. The van der Waals surface area contributed by atoms with E-state index in [2.05, 4.69) is 10.7 Å². The molecule has 1 aromatic heterocycles. The van der Waals surface area contributed by atoms with Crippen LogP contribution in [0, 0.1) is 0 Å². The molecule has 0 unspecified atom stereocenters. The molecule has 0 atom stereocenters. The van der Waals surface area contributed by atoms with Crippen LogP contribution >= 0.6 is 11.3 Å². The standard InChI is InChI=1S/C13H16N4O3S/c14-16-10(18)9-8(3-6-21-9)7-17-11(19)13(15-12(17)20)4-1-2-5-13/h3,6H,1-2,4-5,7,14H2,(H,15,20)(H,16,18). The minimum absolute atomic E-state index is 0.0959. The Morgan fingerprint density at radius 1 is 1.43 bits per heavy atom. The van der Waals surface area contributed by atoms with Gasteiger partial charge in [0.25, 0.3) is 11.8 Å². The van der Waals surface area contributed by atoms with Crippen molar-refractivity contribution >= 4 is 29.2 Å². The summed E-state index contributed by atoms with van der Waals surface area (Å²) in [5, 5.41) is 4.56. The normalized spacial score (nSPS) is 20.1. The molecule has 1 saturated carbocycles. The number of hydrazine groups is 1. The average molecular weight is 308 g/mol. The van der Waals surface area contributed by atoms with E-state index in [9.17, 15) is 14.4 Å². The van der Waals surface area contributed by atoms with Crippen molar-refractivity contribution in [1.29, 1.82) is 0 Å². The number of nitrogens with one attached hydrogen (secondary N) is 2. The monoisotopic (exact) mass is 308 g/mol. The van der Waals surface area contributed by atoms with Gasteiger partial charge in [-0.15, -0.1) is 11.3 Å². The Kier molecular flexibility index (Phi) is 3.42. The molecule has 1 aliphatic heterocycles. The van der Waals surface area contributed by atoms with Crippen molar-refractivity contribution in [1.82, 2.24) is 15.6 Å². The van der Waals surface area contributed by atoms with Crippen molar-refractivity contribution in [3.8, 4) is 0 Å². The topological polar surface area (TPSA) is 105 Å². The second kappa shape index (κ2) is 5.12. The first-order valence-electron chi connectivity index (χ1n) is 6.79. The van der Waals surface area contributed by atoms with Crippen LogP contribution < -0.4 is 16.6 Å². The minimum atomic E-state index is -0.719. The summed E-state index contributed by atoms with van der Waals surface area (Å²) in [5.41, 5.74) is 1.98.